The van der Waals surface area contributed by atoms with Crippen molar-refractivity contribution < 1.29 is 14.7 Å². The molecule has 114 valence electrons. The van der Waals surface area contributed by atoms with Gasteiger partial charge in [0.1, 0.15) is 0 Å². The van der Waals surface area contributed by atoms with Crippen molar-refractivity contribution in [1.82, 2.24) is 5.32 Å². The Balaban J connectivity index is 1.92. The monoisotopic (exact) mass is 310 g/mol. The Kier molecular flexibility index (Phi) is 5.44. The van der Waals surface area contributed by atoms with E-state index in [-0.39, 0.29) is 11.3 Å². The van der Waals surface area contributed by atoms with Gasteiger partial charge in [0.2, 0.25) is 0 Å². The number of amides is 2. The average molecular weight is 311 g/mol. The number of anilines is 1. The lowest BCUT2D eigenvalue weighted by Crippen LogP contribution is -2.34. The molecule has 0 atom stereocenters. The average Bonchev–Trinajstić information content (AvgIpc) is 2.46. The van der Waals surface area contributed by atoms with E-state index in [2.05, 4.69) is 10.6 Å². The Morgan fingerprint density at radius 2 is 1.95 bits per heavy atom. The molecule has 1 aliphatic carbocycles. The van der Waals surface area contributed by atoms with Crippen LogP contribution in [0.15, 0.2) is 18.2 Å². The highest BCUT2D eigenvalue weighted by molar-refractivity contribution is 6.31. The summed E-state index contributed by atoms with van der Waals surface area (Å²) in [6.45, 7) is 0.620. The fourth-order valence-electron chi connectivity index (χ4n) is 2.60. The van der Waals surface area contributed by atoms with Crippen molar-refractivity contribution in [2.45, 2.75) is 32.1 Å². The molecular formula is C15H19ClN2O3. The quantitative estimate of drug-likeness (QED) is 0.792. The molecule has 5 nitrogen and oxygen atoms in total. The van der Waals surface area contributed by atoms with Crippen LogP contribution in [0.1, 0.15) is 42.5 Å². The van der Waals surface area contributed by atoms with Crippen LogP contribution in [0.2, 0.25) is 5.02 Å². The first-order valence-electron chi connectivity index (χ1n) is 7.14. The fourth-order valence-corrected chi connectivity index (χ4v) is 2.77. The number of carboxylic acids is 1. The smallest absolute Gasteiger partial charge is 0.337 e. The van der Waals surface area contributed by atoms with Gasteiger partial charge in [-0.1, -0.05) is 30.9 Å². The van der Waals surface area contributed by atoms with Gasteiger partial charge in [0.15, 0.2) is 0 Å². The number of carboxylic acid groups (broad SMARTS) is 1. The first kappa shape index (κ1) is 15.6. The molecule has 0 heterocycles. The summed E-state index contributed by atoms with van der Waals surface area (Å²) in [5.74, 6) is -0.586. The minimum Gasteiger partial charge on any atom is -0.478 e. The number of halogens is 1. The number of urea groups is 1. The van der Waals surface area contributed by atoms with Crippen LogP contribution in [0.5, 0.6) is 0 Å². The summed E-state index contributed by atoms with van der Waals surface area (Å²) in [6.07, 6.45) is 5.97. The maximum Gasteiger partial charge on any atom is 0.337 e. The molecule has 0 aliphatic heterocycles. The van der Waals surface area contributed by atoms with E-state index in [1.54, 1.807) is 0 Å². The van der Waals surface area contributed by atoms with E-state index in [9.17, 15) is 9.59 Å². The number of aromatic carboxylic acids is 1. The molecule has 1 aromatic rings. The van der Waals surface area contributed by atoms with Gasteiger partial charge in [0.05, 0.1) is 11.3 Å². The maximum atomic E-state index is 11.9. The SMILES string of the molecule is O=C(NCC1CCCCC1)Nc1cc(Cl)ccc1C(=O)O. The lowest BCUT2D eigenvalue weighted by molar-refractivity contribution is 0.0698. The number of nitrogens with one attached hydrogen (secondary N) is 2. The highest BCUT2D eigenvalue weighted by atomic mass is 35.5. The Hall–Kier alpha value is -1.75. The summed E-state index contributed by atoms with van der Waals surface area (Å²) in [5.41, 5.74) is 0.225. The van der Waals surface area contributed by atoms with Gasteiger partial charge >= 0.3 is 12.0 Å². The minimum atomic E-state index is -1.10. The van der Waals surface area contributed by atoms with Crippen LogP contribution in [0.4, 0.5) is 10.5 Å². The zero-order chi connectivity index (χ0) is 15.2. The van der Waals surface area contributed by atoms with Crippen LogP contribution < -0.4 is 10.6 Å². The van der Waals surface area contributed by atoms with E-state index in [0.29, 0.717) is 17.5 Å². The molecule has 1 aromatic carbocycles. The standard InChI is InChI=1S/C15H19ClN2O3/c16-11-6-7-12(14(19)20)13(8-11)18-15(21)17-9-10-4-2-1-3-5-10/h6-8,10H,1-5,9H2,(H,19,20)(H2,17,18,21). The number of carbonyl (C=O) groups excluding carboxylic acids is 1. The van der Waals surface area contributed by atoms with E-state index in [1.807, 2.05) is 0 Å². The molecule has 3 N–H and O–H groups in total. The second kappa shape index (κ2) is 7.31. The molecule has 0 aromatic heterocycles. The van der Waals surface area contributed by atoms with Crippen molar-refractivity contribution in [3.8, 4) is 0 Å². The van der Waals surface area contributed by atoms with Gasteiger partial charge in [-0.25, -0.2) is 9.59 Å². The van der Waals surface area contributed by atoms with Gasteiger partial charge in [-0.15, -0.1) is 0 Å². The molecule has 0 unspecified atom stereocenters. The zero-order valence-corrected chi connectivity index (χ0v) is 12.4. The second-order valence-electron chi connectivity index (χ2n) is 5.33. The predicted octanol–water partition coefficient (Wildman–Crippen LogP) is 3.74. The van der Waals surface area contributed by atoms with Gasteiger partial charge in [-0.05, 0) is 37.0 Å². The lowest BCUT2D eigenvalue weighted by Gasteiger charge is -2.21. The van der Waals surface area contributed by atoms with Gasteiger partial charge in [-0.3, -0.25) is 0 Å². The van der Waals surface area contributed by atoms with Crippen LogP contribution in [-0.2, 0) is 0 Å². The number of carbonyl (C=O) groups is 2. The van der Waals surface area contributed by atoms with Crippen LogP contribution in [0.25, 0.3) is 0 Å². The number of hydrogen-bond donors (Lipinski definition) is 3. The highest BCUT2D eigenvalue weighted by Crippen LogP contribution is 2.23. The molecule has 2 amide bonds. The topological polar surface area (TPSA) is 78.4 Å². The van der Waals surface area contributed by atoms with Crippen molar-refractivity contribution >= 4 is 29.3 Å². The molecule has 6 heteroatoms. The van der Waals surface area contributed by atoms with Gasteiger partial charge in [0.25, 0.3) is 0 Å². The third kappa shape index (κ3) is 4.63. The molecule has 21 heavy (non-hydrogen) atoms. The zero-order valence-electron chi connectivity index (χ0n) is 11.7. The molecule has 1 saturated carbocycles. The minimum absolute atomic E-state index is 0.0206. The van der Waals surface area contributed by atoms with Gasteiger partial charge < -0.3 is 15.7 Å². The molecule has 0 spiro atoms. The lowest BCUT2D eigenvalue weighted by atomic mass is 9.89. The van der Waals surface area contributed by atoms with Crippen molar-refractivity contribution in [1.29, 1.82) is 0 Å². The predicted molar refractivity (Wildman–Crippen MR) is 82.0 cm³/mol. The molecule has 0 saturated heterocycles. The normalized spacial score (nSPS) is 15.5. The summed E-state index contributed by atoms with van der Waals surface area (Å²) in [7, 11) is 0. The summed E-state index contributed by atoms with van der Waals surface area (Å²) in [5, 5.41) is 14.8. The summed E-state index contributed by atoms with van der Waals surface area (Å²) in [4.78, 5) is 23.0. The van der Waals surface area contributed by atoms with Crippen molar-refractivity contribution in [2.24, 2.45) is 5.92 Å². The molecule has 0 bridgehead atoms. The fraction of sp³-hybridized carbons (Fsp3) is 0.467. The third-order valence-corrected chi connectivity index (χ3v) is 3.97. The number of benzene rings is 1. The van der Waals surface area contributed by atoms with Crippen molar-refractivity contribution in [3.05, 3.63) is 28.8 Å². The van der Waals surface area contributed by atoms with Crippen LogP contribution >= 0.6 is 11.6 Å². The Bertz CT molecular complexity index is 528. The second-order valence-corrected chi connectivity index (χ2v) is 5.77. The highest BCUT2D eigenvalue weighted by Gasteiger charge is 2.16. The van der Waals surface area contributed by atoms with E-state index < -0.39 is 12.0 Å². The summed E-state index contributed by atoms with van der Waals surface area (Å²) < 4.78 is 0. The van der Waals surface area contributed by atoms with E-state index in [0.717, 1.165) is 12.8 Å². The van der Waals surface area contributed by atoms with Crippen LogP contribution in [0, 0.1) is 5.92 Å². The molecule has 1 aliphatic rings. The Morgan fingerprint density at radius 3 is 2.62 bits per heavy atom. The van der Waals surface area contributed by atoms with E-state index in [4.69, 9.17) is 16.7 Å². The summed E-state index contributed by atoms with van der Waals surface area (Å²) in [6, 6.07) is 3.90. The first-order chi connectivity index (χ1) is 10.1. The van der Waals surface area contributed by atoms with Crippen molar-refractivity contribution in [3.63, 3.8) is 0 Å². The maximum absolute atomic E-state index is 11.9. The molecular weight excluding hydrogens is 292 g/mol. The van der Waals surface area contributed by atoms with E-state index >= 15 is 0 Å². The Labute approximate surface area is 128 Å². The van der Waals surface area contributed by atoms with Crippen molar-refractivity contribution in [2.75, 3.05) is 11.9 Å². The third-order valence-electron chi connectivity index (χ3n) is 3.74. The van der Waals surface area contributed by atoms with Gasteiger partial charge in [-0.2, -0.15) is 0 Å². The number of rotatable bonds is 4. The molecule has 0 radical (unpaired) electrons. The van der Waals surface area contributed by atoms with Crippen LogP contribution in [-0.4, -0.2) is 23.7 Å². The summed E-state index contributed by atoms with van der Waals surface area (Å²) >= 11 is 5.84. The van der Waals surface area contributed by atoms with Gasteiger partial charge in [0, 0.05) is 11.6 Å². The number of hydrogen-bond acceptors (Lipinski definition) is 2. The van der Waals surface area contributed by atoms with Crippen LogP contribution in [0.3, 0.4) is 0 Å². The molecule has 2 rings (SSSR count). The first-order valence-corrected chi connectivity index (χ1v) is 7.52. The van der Waals surface area contributed by atoms with E-state index in [1.165, 1.54) is 37.5 Å². The Morgan fingerprint density at radius 1 is 1.24 bits per heavy atom. The molecule has 1 fully saturated rings. The largest absolute Gasteiger partial charge is 0.478 e.